The van der Waals surface area contributed by atoms with Crippen LogP contribution in [0.25, 0.3) is 0 Å². The number of anilines is 2. The van der Waals surface area contributed by atoms with E-state index in [9.17, 15) is 0 Å². The third-order valence-corrected chi connectivity index (χ3v) is 2.45. The highest BCUT2D eigenvalue weighted by Crippen LogP contribution is 2.27. The van der Waals surface area contributed by atoms with E-state index in [1.165, 1.54) is 6.21 Å². The van der Waals surface area contributed by atoms with Crippen molar-refractivity contribution in [1.29, 1.82) is 5.41 Å². The van der Waals surface area contributed by atoms with Crippen molar-refractivity contribution in [3.63, 3.8) is 0 Å². The molecule has 0 atom stereocenters. The number of aromatic nitrogens is 1. The van der Waals surface area contributed by atoms with E-state index in [1.807, 2.05) is 24.3 Å². The molecule has 1 aromatic carbocycles. The molecule has 2 N–H and O–H groups in total. The number of benzene rings is 1. The molecule has 0 fully saturated rings. The van der Waals surface area contributed by atoms with E-state index < -0.39 is 0 Å². The summed E-state index contributed by atoms with van der Waals surface area (Å²) in [5, 5.41) is 11.0. The number of nitrogens with one attached hydrogen (secondary N) is 2. The molecule has 0 aliphatic heterocycles. The van der Waals surface area contributed by atoms with Crippen molar-refractivity contribution in [3.8, 4) is 0 Å². The van der Waals surface area contributed by atoms with Crippen LogP contribution >= 0.6 is 11.6 Å². The number of para-hydroxylation sites is 1. The highest BCUT2D eigenvalue weighted by Gasteiger charge is 2.04. The second-order valence-corrected chi connectivity index (χ2v) is 3.62. The van der Waals surface area contributed by atoms with Crippen molar-refractivity contribution < 1.29 is 0 Å². The molecule has 0 radical (unpaired) electrons. The maximum atomic E-state index is 7.31. The summed E-state index contributed by atoms with van der Waals surface area (Å²) in [6.07, 6.45) is 4.68. The fourth-order valence-corrected chi connectivity index (χ4v) is 1.60. The Kier molecular flexibility index (Phi) is 3.17. The third-order valence-electron chi connectivity index (χ3n) is 2.13. The summed E-state index contributed by atoms with van der Waals surface area (Å²) >= 11 is 6.07. The van der Waals surface area contributed by atoms with Crippen LogP contribution in [-0.2, 0) is 0 Å². The van der Waals surface area contributed by atoms with Crippen LogP contribution in [0.4, 0.5) is 11.4 Å². The average molecular weight is 232 g/mol. The zero-order valence-electron chi connectivity index (χ0n) is 8.44. The van der Waals surface area contributed by atoms with Crippen LogP contribution in [0.15, 0.2) is 42.7 Å². The van der Waals surface area contributed by atoms with Crippen LogP contribution < -0.4 is 5.32 Å². The Morgan fingerprint density at radius 3 is 2.81 bits per heavy atom. The van der Waals surface area contributed by atoms with Crippen molar-refractivity contribution in [2.45, 2.75) is 0 Å². The van der Waals surface area contributed by atoms with Crippen molar-refractivity contribution in [2.24, 2.45) is 0 Å². The second-order valence-electron chi connectivity index (χ2n) is 3.22. The lowest BCUT2D eigenvalue weighted by Crippen LogP contribution is -1.96. The van der Waals surface area contributed by atoms with Gasteiger partial charge in [0, 0.05) is 18.0 Å². The molecule has 0 saturated carbocycles. The Morgan fingerprint density at radius 2 is 2.12 bits per heavy atom. The van der Waals surface area contributed by atoms with Gasteiger partial charge in [-0.2, -0.15) is 0 Å². The predicted molar refractivity (Wildman–Crippen MR) is 66.9 cm³/mol. The molecule has 2 rings (SSSR count). The normalized spacial score (nSPS) is 9.81. The van der Waals surface area contributed by atoms with Gasteiger partial charge in [0.05, 0.1) is 22.6 Å². The first-order valence-electron chi connectivity index (χ1n) is 4.77. The molecule has 0 aliphatic rings. The SMILES string of the molecule is N=Cc1cccc(Cl)c1Nc1cccnc1. The topological polar surface area (TPSA) is 48.8 Å². The van der Waals surface area contributed by atoms with Crippen molar-refractivity contribution >= 4 is 29.2 Å². The molecule has 0 aliphatic carbocycles. The van der Waals surface area contributed by atoms with Gasteiger partial charge in [0.2, 0.25) is 0 Å². The van der Waals surface area contributed by atoms with Gasteiger partial charge in [0.15, 0.2) is 0 Å². The quantitative estimate of drug-likeness (QED) is 0.795. The zero-order chi connectivity index (χ0) is 11.4. The molecule has 0 unspecified atom stereocenters. The van der Waals surface area contributed by atoms with Crippen molar-refractivity contribution in [3.05, 3.63) is 53.3 Å². The summed E-state index contributed by atoms with van der Waals surface area (Å²) in [5.41, 5.74) is 2.32. The molecule has 1 aromatic heterocycles. The second kappa shape index (κ2) is 4.77. The largest absolute Gasteiger partial charge is 0.353 e. The van der Waals surface area contributed by atoms with E-state index in [1.54, 1.807) is 18.5 Å². The highest BCUT2D eigenvalue weighted by atomic mass is 35.5. The molecule has 16 heavy (non-hydrogen) atoms. The Morgan fingerprint density at radius 1 is 1.25 bits per heavy atom. The van der Waals surface area contributed by atoms with Crippen LogP contribution in [0.1, 0.15) is 5.56 Å². The van der Waals surface area contributed by atoms with Gasteiger partial charge in [0.1, 0.15) is 0 Å². The minimum atomic E-state index is 0.588. The fourth-order valence-electron chi connectivity index (χ4n) is 1.37. The first-order valence-corrected chi connectivity index (χ1v) is 5.15. The first-order chi connectivity index (χ1) is 7.81. The molecular weight excluding hydrogens is 222 g/mol. The molecule has 1 heterocycles. The third kappa shape index (κ3) is 2.20. The van der Waals surface area contributed by atoms with Gasteiger partial charge in [-0.15, -0.1) is 0 Å². The van der Waals surface area contributed by atoms with Gasteiger partial charge in [-0.05, 0) is 18.2 Å². The minimum Gasteiger partial charge on any atom is -0.353 e. The number of rotatable bonds is 3. The summed E-state index contributed by atoms with van der Waals surface area (Å²) in [5.74, 6) is 0. The Balaban J connectivity index is 2.38. The lowest BCUT2D eigenvalue weighted by atomic mass is 10.2. The van der Waals surface area contributed by atoms with E-state index >= 15 is 0 Å². The molecule has 80 valence electrons. The molecule has 0 amide bonds. The van der Waals surface area contributed by atoms with Crippen LogP contribution in [0.2, 0.25) is 5.02 Å². The molecule has 2 aromatic rings. The van der Waals surface area contributed by atoms with Gasteiger partial charge in [0.25, 0.3) is 0 Å². The molecule has 0 saturated heterocycles. The zero-order valence-corrected chi connectivity index (χ0v) is 9.20. The number of hydrogen-bond donors (Lipinski definition) is 2. The van der Waals surface area contributed by atoms with E-state index in [-0.39, 0.29) is 0 Å². The Bertz CT molecular complexity index is 497. The number of hydrogen-bond acceptors (Lipinski definition) is 3. The van der Waals surface area contributed by atoms with Crippen LogP contribution in [-0.4, -0.2) is 11.2 Å². The lowest BCUT2D eigenvalue weighted by molar-refractivity contribution is 1.32. The van der Waals surface area contributed by atoms with E-state index in [0.717, 1.165) is 16.9 Å². The summed E-state index contributed by atoms with van der Waals surface area (Å²) in [6.45, 7) is 0. The van der Waals surface area contributed by atoms with Gasteiger partial charge < -0.3 is 10.7 Å². The van der Waals surface area contributed by atoms with Gasteiger partial charge in [-0.25, -0.2) is 0 Å². The molecule has 3 nitrogen and oxygen atoms in total. The summed E-state index contributed by atoms with van der Waals surface area (Å²) in [6, 6.07) is 9.16. The first kappa shape index (κ1) is 10.6. The van der Waals surface area contributed by atoms with Crippen molar-refractivity contribution in [1.82, 2.24) is 4.98 Å². The standard InChI is InChI=1S/C12H10ClN3/c13-11-5-1-3-9(7-14)12(11)16-10-4-2-6-15-8-10/h1-8,14,16H. The maximum absolute atomic E-state index is 7.31. The maximum Gasteiger partial charge on any atom is 0.0662 e. The van der Waals surface area contributed by atoms with Crippen molar-refractivity contribution in [2.75, 3.05) is 5.32 Å². The number of halogens is 1. The van der Waals surface area contributed by atoms with Crippen LogP contribution in [0, 0.1) is 5.41 Å². The van der Waals surface area contributed by atoms with Crippen LogP contribution in [0.5, 0.6) is 0 Å². The molecule has 0 bridgehead atoms. The van der Waals surface area contributed by atoms with E-state index in [4.69, 9.17) is 17.0 Å². The number of pyridine rings is 1. The molecular formula is C12H10ClN3. The lowest BCUT2D eigenvalue weighted by Gasteiger charge is -2.10. The average Bonchev–Trinajstić information content (AvgIpc) is 2.33. The smallest absolute Gasteiger partial charge is 0.0662 e. The number of nitrogens with zero attached hydrogens (tertiary/aromatic N) is 1. The van der Waals surface area contributed by atoms with Gasteiger partial charge >= 0.3 is 0 Å². The van der Waals surface area contributed by atoms with E-state index in [0.29, 0.717) is 5.02 Å². The fraction of sp³-hybridized carbons (Fsp3) is 0. The Hall–Kier alpha value is -1.87. The van der Waals surface area contributed by atoms with Gasteiger partial charge in [-0.3, -0.25) is 4.98 Å². The summed E-state index contributed by atoms with van der Waals surface area (Å²) < 4.78 is 0. The Labute approximate surface area is 98.6 Å². The van der Waals surface area contributed by atoms with E-state index in [2.05, 4.69) is 10.3 Å². The minimum absolute atomic E-state index is 0.588. The predicted octanol–water partition coefficient (Wildman–Crippen LogP) is 3.48. The molecule has 4 heteroatoms. The molecule has 0 spiro atoms. The summed E-state index contributed by atoms with van der Waals surface area (Å²) in [4.78, 5) is 4.00. The van der Waals surface area contributed by atoms with Crippen LogP contribution in [0.3, 0.4) is 0 Å². The monoisotopic (exact) mass is 231 g/mol. The van der Waals surface area contributed by atoms with Gasteiger partial charge in [-0.1, -0.05) is 23.7 Å². The highest BCUT2D eigenvalue weighted by molar-refractivity contribution is 6.34. The summed E-state index contributed by atoms with van der Waals surface area (Å²) in [7, 11) is 0.